The van der Waals surface area contributed by atoms with E-state index in [9.17, 15) is 0 Å². The van der Waals surface area contributed by atoms with Crippen molar-refractivity contribution in [1.29, 1.82) is 0 Å². The molecule has 0 aliphatic heterocycles. The molecule has 0 amide bonds. The van der Waals surface area contributed by atoms with E-state index in [4.69, 9.17) is 15.0 Å². The lowest BCUT2D eigenvalue weighted by atomic mass is 9.95. The molecule has 6 heteroatoms. The third-order valence-electron chi connectivity index (χ3n) is 16.6. The fraction of sp³-hybridized carbons (Fsp3) is 0.0750. The second-order valence-electron chi connectivity index (χ2n) is 22.7. The van der Waals surface area contributed by atoms with Crippen LogP contribution in [0.5, 0.6) is 0 Å². The molecular weight excluding hydrogens is 1040 g/mol. The standard InChI is InChI=1S/C70H48N6.C10H14/c1-45-15-13-21-50(39-45)52-29-33-64-60(41-52)56-23-9-11-25-62(56)75(64)66-43-54(47-35-37-71-38-36-47)27-31-58(66)59-32-28-55(70-73-68(48-17-5-3-6-18-48)72-69(74-70)49-19-7-4-8-20-49)44-67(59)76-63-26-12-10-24-57(63)61-42-53(30-34-65(61)76)51-22-14-16-46(2)40-51;1-8(2)10-7-5-4-6-9(10)3/h3-44H,1-2H3;4-8H,1-3H3. The number of aryl methyl sites for hydroxylation is 3. The van der Waals surface area contributed by atoms with Crippen molar-refractivity contribution in [3.63, 3.8) is 0 Å². The Balaban J connectivity index is 0.000000596. The van der Waals surface area contributed by atoms with Crippen LogP contribution in [0, 0.1) is 20.8 Å². The molecule has 0 aliphatic carbocycles. The van der Waals surface area contributed by atoms with Gasteiger partial charge in [-0.25, -0.2) is 15.0 Å². The smallest absolute Gasteiger partial charge is 0.164 e. The Labute approximate surface area is 502 Å². The summed E-state index contributed by atoms with van der Waals surface area (Å²) in [5.41, 5.74) is 23.6. The van der Waals surface area contributed by atoms with Crippen molar-refractivity contribution in [1.82, 2.24) is 29.1 Å². The van der Waals surface area contributed by atoms with Crippen molar-refractivity contribution in [2.45, 2.75) is 40.5 Å². The number of fused-ring (bicyclic) bond motifs is 6. The molecule has 4 heterocycles. The number of pyridine rings is 1. The number of hydrogen-bond acceptors (Lipinski definition) is 4. The van der Waals surface area contributed by atoms with Crippen molar-refractivity contribution >= 4 is 43.6 Å². The molecule has 412 valence electrons. The first-order chi connectivity index (χ1) is 42.2. The van der Waals surface area contributed by atoms with E-state index in [0.29, 0.717) is 23.4 Å². The van der Waals surface area contributed by atoms with Gasteiger partial charge in [0.15, 0.2) is 17.5 Å². The van der Waals surface area contributed by atoms with Gasteiger partial charge >= 0.3 is 0 Å². The lowest BCUT2D eigenvalue weighted by Gasteiger charge is -2.21. The fourth-order valence-electron chi connectivity index (χ4n) is 12.4. The average Bonchev–Trinajstić information content (AvgIpc) is 1.80. The van der Waals surface area contributed by atoms with Gasteiger partial charge in [-0.1, -0.05) is 231 Å². The summed E-state index contributed by atoms with van der Waals surface area (Å²) in [6, 6.07) is 95.7. The van der Waals surface area contributed by atoms with Gasteiger partial charge in [0.2, 0.25) is 0 Å². The number of nitrogens with zero attached hydrogens (tertiary/aromatic N) is 6. The van der Waals surface area contributed by atoms with Crippen LogP contribution in [-0.2, 0) is 0 Å². The first-order valence-electron chi connectivity index (χ1n) is 29.5. The normalized spacial score (nSPS) is 11.4. The lowest BCUT2D eigenvalue weighted by Crippen LogP contribution is -2.04. The quantitative estimate of drug-likeness (QED) is 0.137. The SMILES string of the molecule is Cc1cccc(-c2ccc3c(c2)c2ccccc2n3-c2cc(-c3ccncc3)ccc2-c2ccc(-c3nc(-c4ccccc4)nc(-c4ccccc4)n3)cc2-n2c3ccccc3c3cc(-c4cccc(C)c4)ccc32)c1.Cc1ccccc1C(C)C. The monoisotopic (exact) mass is 1110 g/mol. The van der Waals surface area contributed by atoms with Gasteiger partial charge in [-0.05, 0) is 132 Å². The Kier molecular flexibility index (Phi) is 14.1. The molecule has 0 bridgehead atoms. The van der Waals surface area contributed by atoms with E-state index in [1.807, 2.05) is 48.8 Å². The van der Waals surface area contributed by atoms with Gasteiger partial charge in [0.05, 0.1) is 33.4 Å². The van der Waals surface area contributed by atoms with Crippen LogP contribution in [0.25, 0.3) is 134 Å². The minimum absolute atomic E-state index is 0.586. The summed E-state index contributed by atoms with van der Waals surface area (Å²) in [6.07, 6.45) is 3.74. The number of aromatic nitrogens is 6. The van der Waals surface area contributed by atoms with Gasteiger partial charge in [0.25, 0.3) is 0 Å². The van der Waals surface area contributed by atoms with Crippen LogP contribution in [0.4, 0.5) is 0 Å². The maximum Gasteiger partial charge on any atom is 0.164 e. The van der Waals surface area contributed by atoms with Crippen molar-refractivity contribution in [2.24, 2.45) is 0 Å². The van der Waals surface area contributed by atoms with Gasteiger partial charge in [-0.2, -0.15) is 0 Å². The third-order valence-corrected chi connectivity index (χ3v) is 16.6. The molecule has 0 saturated heterocycles. The molecule has 0 radical (unpaired) electrons. The van der Waals surface area contributed by atoms with Crippen LogP contribution in [0.1, 0.15) is 42.0 Å². The van der Waals surface area contributed by atoms with Crippen LogP contribution < -0.4 is 0 Å². The molecular formula is C80H62N6. The molecule has 15 rings (SSSR count). The van der Waals surface area contributed by atoms with Crippen LogP contribution in [0.2, 0.25) is 0 Å². The summed E-state index contributed by atoms with van der Waals surface area (Å²) < 4.78 is 4.91. The average molecular weight is 1110 g/mol. The van der Waals surface area contributed by atoms with E-state index in [2.05, 4.69) is 279 Å². The highest BCUT2D eigenvalue weighted by molar-refractivity contribution is 6.13. The minimum Gasteiger partial charge on any atom is -0.309 e. The Morgan fingerprint density at radius 3 is 1.17 bits per heavy atom. The number of para-hydroxylation sites is 2. The molecule has 0 saturated carbocycles. The molecule has 0 fully saturated rings. The molecule has 11 aromatic carbocycles. The van der Waals surface area contributed by atoms with Gasteiger partial charge in [0.1, 0.15) is 0 Å². The van der Waals surface area contributed by atoms with Gasteiger partial charge in [0, 0.05) is 61.8 Å². The van der Waals surface area contributed by atoms with Crippen LogP contribution in [0.15, 0.2) is 279 Å². The largest absolute Gasteiger partial charge is 0.309 e. The summed E-state index contributed by atoms with van der Waals surface area (Å²) in [6.45, 7) is 10.9. The summed E-state index contributed by atoms with van der Waals surface area (Å²) in [4.78, 5) is 20.0. The maximum absolute atomic E-state index is 5.27. The molecule has 0 unspecified atom stereocenters. The highest BCUT2D eigenvalue weighted by Crippen LogP contribution is 2.45. The Morgan fingerprint density at radius 2 is 0.686 bits per heavy atom. The minimum atomic E-state index is 0.586. The zero-order valence-corrected chi connectivity index (χ0v) is 48.8. The fourth-order valence-corrected chi connectivity index (χ4v) is 12.4. The number of benzene rings is 11. The number of hydrogen-bond donors (Lipinski definition) is 0. The van der Waals surface area contributed by atoms with Crippen molar-refractivity contribution < 1.29 is 0 Å². The predicted molar refractivity (Wildman–Crippen MR) is 359 cm³/mol. The molecule has 0 aliphatic rings. The summed E-state index contributed by atoms with van der Waals surface area (Å²) in [5, 5.41) is 4.72. The lowest BCUT2D eigenvalue weighted by molar-refractivity contribution is 0.856. The van der Waals surface area contributed by atoms with Crippen LogP contribution >= 0.6 is 0 Å². The first kappa shape index (κ1) is 53.2. The first-order valence-corrected chi connectivity index (χ1v) is 29.5. The van der Waals surface area contributed by atoms with Crippen LogP contribution in [0.3, 0.4) is 0 Å². The highest BCUT2D eigenvalue weighted by atomic mass is 15.0. The van der Waals surface area contributed by atoms with Gasteiger partial charge < -0.3 is 9.13 Å². The van der Waals surface area contributed by atoms with E-state index < -0.39 is 0 Å². The molecule has 15 aromatic rings. The van der Waals surface area contributed by atoms with Crippen molar-refractivity contribution in [3.05, 3.63) is 302 Å². The van der Waals surface area contributed by atoms with E-state index >= 15 is 0 Å². The van der Waals surface area contributed by atoms with Crippen LogP contribution in [-0.4, -0.2) is 29.1 Å². The maximum atomic E-state index is 5.27. The van der Waals surface area contributed by atoms with E-state index in [-0.39, 0.29) is 0 Å². The second-order valence-corrected chi connectivity index (χ2v) is 22.7. The summed E-state index contributed by atoms with van der Waals surface area (Å²) in [7, 11) is 0. The second kappa shape index (κ2) is 22.7. The zero-order valence-electron chi connectivity index (χ0n) is 48.8. The van der Waals surface area contributed by atoms with Crippen molar-refractivity contribution in [3.8, 4) is 90.0 Å². The molecule has 4 aromatic heterocycles. The van der Waals surface area contributed by atoms with E-state index in [0.717, 1.165) is 72.4 Å². The molecule has 0 spiro atoms. The molecule has 0 atom stereocenters. The Hall–Kier alpha value is -10.8. The third kappa shape index (κ3) is 10.1. The van der Waals surface area contributed by atoms with E-state index in [1.165, 1.54) is 66.1 Å². The number of rotatable bonds is 10. The molecule has 86 heavy (non-hydrogen) atoms. The Bertz CT molecular complexity index is 4940. The van der Waals surface area contributed by atoms with Crippen molar-refractivity contribution in [2.75, 3.05) is 0 Å². The predicted octanol–water partition coefficient (Wildman–Crippen LogP) is 20.9. The summed E-state index contributed by atoms with van der Waals surface area (Å²) >= 11 is 0. The zero-order chi connectivity index (χ0) is 58.3. The topological polar surface area (TPSA) is 61.4 Å². The van der Waals surface area contributed by atoms with Gasteiger partial charge in [-0.15, -0.1) is 0 Å². The molecule has 0 N–H and O–H groups in total. The highest BCUT2D eigenvalue weighted by Gasteiger charge is 2.24. The van der Waals surface area contributed by atoms with E-state index in [1.54, 1.807) is 0 Å². The molecule has 6 nitrogen and oxygen atoms in total. The Morgan fingerprint density at radius 1 is 0.291 bits per heavy atom. The summed E-state index contributed by atoms with van der Waals surface area (Å²) in [5.74, 6) is 2.47. The van der Waals surface area contributed by atoms with Gasteiger partial charge in [-0.3, -0.25) is 4.98 Å².